The third kappa shape index (κ3) is 7.47. The highest BCUT2D eigenvalue weighted by Gasteiger charge is 2.02. The van der Waals surface area contributed by atoms with E-state index in [-0.39, 0.29) is 0 Å². The second-order valence-corrected chi connectivity index (χ2v) is 7.94. The quantitative estimate of drug-likeness (QED) is 0.293. The first-order valence-corrected chi connectivity index (χ1v) is 11.3. The average Bonchev–Trinajstić information content (AvgIpc) is 2.83. The van der Waals surface area contributed by atoms with Gasteiger partial charge in [-0.1, -0.05) is 72.8 Å². The van der Waals surface area contributed by atoms with Gasteiger partial charge in [-0.3, -0.25) is 0 Å². The smallest absolute Gasteiger partial charge is 0.133 e. The molecule has 0 aromatic heterocycles. The molecule has 4 aromatic rings. The number of phenolic OH excluding ortho intramolecular Hbond substituents is 1. The molecule has 32 heavy (non-hydrogen) atoms. The number of rotatable bonds is 7. The molecule has 0 heterocycles. The minimum atomic E-state index is 0.349. The van der Waals surface area contributed by atoms with E-state index in [0.29, 0.717) is 19.0 Å². The molecule has 0 saturated heterocycles. The topological polar surface area (TPSA) is 38.7 Å². The summed E-state index contributed by atoms with van der Waals surface area (Å²) in [6.45, 7) is 3.25. The lowest BCUT2D eigenvalue weighted by Gasteiger charge is -2.07. The Bertz CT molecular complexity index is 1080. The van der Waals surface area contributed by atoms with Crippen molar-refractivity contribution in [3.05, 3.63) is 124 Å². The molecule has 0 fully saturated rings. The Balaban J connectivity index is 0.000000182. The van der Waals surface area contributed by atoms with E-state index >= 15 is 0 Å². The third-order valence-electron chi connectivity index (χ3n) is 4.69. The molecule has 164 valence electrons. The lowest BCUT2D eigenvalue weighted by atomic mass is 10.0. The van der Waals surface area contributed by atoms with Crippen LogP contribution in [0.2, 0.25) is 0 Å². The summed E-state index contributed by atoms with van der Waals surface area (Å²) in [6.07, 6.45) is 0.735. The maximum absolute atomic E-state index is 9.69. The van der Waals surface area contributed by atoms with Gasteiger partial charge < -0.3 is 14.6 Å². The molecule has 0 radical (unpaired) electrons. The number of ether oxygens (including phenoxy) is 2. The Morgan fingerprint density at radius 2 is 1.34 bits per heavy atom. The molecule has 4 rings (SSSR count). The van der Waals surface area contributed by atoms with E-state index in [1.165, 1.54) is 5.56 Å². The normalized spacial score (nSPS) is 10.1. The summed E-state index contributed by atoms with van der Waals surface area (Å²) in [7, 11) is 0. The summed E-state index contributed by atoms with van der Waals surface area (Å²) in [5, 5.41) is 9.69. The van der Waals surface area contributed by atoms with Crippen LogP contribution in [0, 0.1) is 0 Å². The lowest BCUT2D eigenvalue weighted by Crippen LogP contribution is -1.95. The van der Waals surface area contributed by atoms with Gasteiger partial charge in [0, 0.05) is 6.42 Å². The molecule has 3 nitrogen and oxygen atoms in total. The van der Waals surface area contributed by atoms with Gasteiger partial charge in [-0.25, -0.2) is 0 Å². The standard InChI is InChI=1S/C15H16O2.C13H11BrO/c1-2-17-14-9-7-12(8-10-14)11-13-5-3-4-6-15(13)16;14-12-8-4-5-9-13(12)15-10-11-6-2-1-3-7-11/h3-10,16H,2,11H2,1H3;1-9H,10H2. The van der Waals surface area contributed by atoms with E-state index in [1.54, 1.807) is 6.07 Å². The average molecular weight is 491 g/mol. The molecule has 0 bridgehead atoms. The largest absolute Gasteiger partial charge is 0.508 e. The zero-order chi connectivity index (χ0) is 22.6. The predicted octanol–water partition coefficient (Wildman–Crippen LogP) is 7.41. The van der Waals surface area contributed by atoms with E-state index in [9.17, 15) is 5.11 Å². The monoisotopic (exact) mass is 490 g/mol. The fraction of sp³-hybridized carbons (Fsp3) is 0.143. The van der Waals surface area contributed by atoms with Crippen LogP contribution in [0.4, 0.5) is 0 Å². The van der Waals surface area contributed by atoms with Crippen molar-refractivity contribution in [3.8, 4) is 17.2 Å². The Hall–Kier alpha value is -3.24. The number of aromatic hydroxyl groups is 1. The molecule has 1 N–H and O–H groups in total. The highest BCUT2D eigenvalue weighted by molar-refractivity contribution is 9.10. The SMILES string of the molecule is Brc1ccccc1OCc1ccccc1.CCOc1ccc(Cc2ccccc2O)cc1. The van der Waals surface area contributed by atoms with Crippen molar-refractivity contribution >= 4 is 15.9 Å². The Morgan fingerprint density at radius 1 is 0.688 bits per heavy atom. The van der Waals surface area contributed by atoms with Gasteiger partial charge in [0.2, 0.25) is 0 Å². The Morgan fingerprint density at radius 3 is 2.03 bits per heavy atom. The van der Waals surface area contributed by atoms with Crippen molar-refractivity contribution in [1.82, 2.24) is 0 Å². The van der Waals surface area contributed by atoms with E-state index in [1.807, 2.05) is 91.9 Å². The van der Waals surface area contributed by atoms with E-state index in [2.05, 4.69) is 28.1 Å². The molecule has 0 aliphatic carbocycles. The number of hydrogen-bond acceptors (Lipinski definition) is 3. The molecule has 0 amide bonds. The second kappa shape index (κ2) is 12.6. The van der Waals surface area contributed by atoms with E-state index in [0.717, 1.165) is 33.5 Å². The van der Waals surface area contributed by atoms with Gasteiger partial charge in [0.15, 0.2) is 0 Å². The van der Waals surface area contributed by atoms with Crippen molar-refractivity contribution < 1.29 is 14.6 Å². The molecule has 0 saturated carbocycles. The lowest BCUT2D eigenvalue weighted by molar-refractivity contribution is 0.304. The molecule has 4 aromatic carbocycles. The van der Waals surface area contributed by atoms with Crippen LogP contribution in [0.25, 0.3) is 0 Å². The van der Waals surface area contributed by atoms with Crippen LogP contribution in [0.1, 0.15) is 23.6 Å². The number of benzene rings is 4. The molecule has 0 spiro atoms. The fourth-order valence-electron chi connectivity index (χ4n) is 3.05. The molecule has 0 unspecified atom stereocenters. The van der Waals surface area contributed by atoms with Crippen molar-refractivity contribution in [2.45, 2.75) is 20.0 Å². The first-order valence-electron chi connectivity index (χ1n) is 10.6. The van der Waals surface area contributed by atoms with E-state index in [4.69, 9.17) is 9.47 Å². The van der Waals surface area contributed by atoms with Crippen LogP contribution < -0.4 is 9.47 Å². The predicted molar refractivity (Wildman–Crippen MR) is 133 cm³/mol. The highest BCUT2D eigenvalue weighted by Crippen LogP contribution is 2.24. The number of para-hydroxylation sites is 2. The fourth-order valence-corrected chi connectivity index (χ4v) is 3.45. The summed E-state index contributed by atoms with van der Waals surface area (Å²) in [6, 6.07) is 33.4. The summed E-state index contributed by atoms with van der Waals surface area (Å²) in [5.74, 6) is 2.11. The maximum Gasteiger partial charge on any atom is 0.133 e. The molecule has 0 aliphatic heterocycles. The van der Waals surface area contributed by atoms with Gasteiger partial charge in [-0.15, -0.1) is 0 Å². The summed E-state index contributed by atoms with van der Waals surface area (Å²) in [5.41, 5.74) is 3.28. The summed E-state index contributed by atoms with van der Waals surface area (Å²) in [4.78, 5) is 0. The van der Waals surface area contributed by atoms with Gasteiger partial charge in [0.1, 0.15) is 23.9 Å². The summed E-state index contributed by atoms with van der Waals surface area (Å²) < 4.78 is 12.0. The molecular formula is C28H27BrO3. The maximum atomic E-state index is 9.69. The second-order valence-electron chi connectivity index (χ2n) is 7.09. The van der Waals surface area contributed by atoms with Crippen molar-refractivity contribution in [3.63, 3.8) is 0 Å². The van der Waals surface area contributed by atoms with Crippen molar-refractivity contribution in [2.24, 2.45) is 0 Å². The molecule has 4 heteroatoms. The number of halogens is 1. The van der Waals surface area contributed by atoms with Gasteiger partial charge >= 0.3 is 0 Å². The molecular weight excluding hydrogens is 464 g/mol. The molecule has 0 atom stereocenters. The minimum absolute atomic E-state index is 0.349. The first kappa shape index (κ1) is 23.4. The van der Waals surface area contributed by atoms with Crippen molar-refractivity contribution in [1.29, 1.82) is 0 Å². The van der Waals surface area contributed by atoms with Crippen LogP contribution in [-0.2, 0) is 13.0 Å². The third-order valence-corrected chi connectivity index (χ3v) is 5.35. The van der Waals surface area contributed by atoms with Crippen LogP contribution >= 0.6 is 15.9 Å². The first-order chi connectivity index (χ1) is 15.7. The van der Waals surface area contributed by atoms with Crippen LogP contribution in [0.5, 0.6) is 17.2 Å². The zero-order valence-electron chi connectivity index (χ0n) is 18.1. The van der Waals surface area contributed by atoms with Crippen LogP contribution in [0.15, 0.2) is 108 Å². The van der Waals surface area contributed by atoms with Gasteiger partial charge in [-0.2, -0.15) is 0 Å². The van der Waals surface area contributed by atoms with Crippen molar-refractivity contribution in [2.75, 3.05) is 6.61 Å². The van der Waals surface area contributed by atoms with Gasteiger partial charge in [0.25, 0.3) is 0 Å². The zero-order valence-corrected chi connectivity index (χ0v) is 19.7. The Kier molecular flexibility index (Phi) is 9.20. The van der Waals surface area contributed by atoms with Crippen LogP contribution in [0.3, 0.4) is 0 Å². The number of phenols is 1. The van der Waals surface area contributed by atoms with Gasteiger partial charge in [0.05, 0.1) is 11.1 Å². The van der Waals surface area contributed by atoms with E-state index < -0.39 is 0 Å². The van der Waals surface area contributed by atoms with Gasteiger partial charge in [-0.05, 0) is 69.9 Å². The number of hydrogen-bond donors (Lipinski definition) is 1. The summed E-state index contributed by atoms with van der Waals surface area (Å²) >= 11 is 3.44. The highest BCUT2D eigenvalue weighted by atomic mass is 79.9. The minimum Gasteiger partial charge on any atom is -0.508 e. The molecule has 0 aliphatic rings. The van der Waals surface area contributed by atoms with Crippen LogP contribution in [-0.4, -0.2) is 11.7 Å². The Labute approximate surface area is 198 Å².